The Morgan fingerprint density at radius 3 is 1.43 bits per heavy atom. The highest BCUT2D eigenvalue weighted by Crippen LogP contribution is 2.55. The Balaban J connectivity index is 1.51. The largest absolute Gasteiger partial charge is 0.0616 e. The molecule has 0 spiro atoms. The molecule has 10 aromatic carbocycles. The third-order valence-corrected chi connectivity index (χ3v) is 10.1. The number of fused-ring (bicyclic) bond motifs is 14. The molecule has 0 N–H and O–H groups in total. The minimum absolute atomic E-state index is 1.29. The van der Waals surface area contributed by atoms with Gasteiger partial charge in [-0.1, -0.05) is 121 Å². The quantitative estimate of drug-likeness (QED) is 0.172. The first-order valence-electron chi connectivity index (χ1n) is 14.8. The molecular formula is C42H22. The van der Waals surface area contributed by atoms with Crippen LogP contribution in [0.25, 0.3) is 108 Å². The third kappa shape index (κ3) is 2.39. The predicted octanol–water partition coefficient (Wildman–Crippen LogP) is 12.0. The summed E-state index contributed by atoms with van der Waals surface area (Å²) in [6.45, 7) is 0. The van der Waals surface area contributed by atoms with Crippen LogP contribution < -0.4 is 0 Å². The highest BCUT2D eigenvalue weighted by Gasteiger charge is 2.26. The molecule has 0 fully saturated rings. The van der Waals surface area contributed by atoms with Crippen molar-refractivity contribution in [3.05, 3.63) is 133 Å². The SMILES string of the molecule is c1ccc2c(c1)ccc1c2ccc2c1c1ccc3c4ccccc4cc4c3c1c1c-4cc3c4ccccc4ccc3c21. The predicted molar refractivity (Wildman–Crippen MR) is 183 cm³/mol. The van der Waals surface area contributed by atoms with Crippen LogP contribution in [0.5, 0.6) is 0 Å². The van der Waals surface area contributed by atoms with Crippen LogP contribution in [0.15, 0.2) is 133 Å². The lowest BCUT2D eigenvalue weighted by Crippen LogP contribution is -1.88. The van der Waals surface area contributed by atoms with Gasteiger partial charge in [0.15, 0.2) is 0 Å². The molecule has 0 heteroatoms. The van der Waals surface area contributed by atoms with Gasteiger partial charge in [0, 0.05) is 0 Å². The Kier molecular flexibility index (Phi) is 3.67. The maximum absolute atomic E-state index is 2.49. The smallest absolute Gasteiger partial charge is 0.000717 e. The fraction of sp³-hybridized carbons (Fsp3) is 0. The van der Waals surface area contributed by atoms with Gasteiger partial charge in [-0.25, -0.2) is 0 Å². The maximum Gasteiger partial charge on any atom is -0.000717 e. The van der Waals surface area contributed by atoms with Gasteiger partial charge >= 0.3 is 0 Å². The molecule has 0 atom stereocenters. The molecule has 0 bridgehead atoms. The zero-order valence-electron chi connectivity index (χ0n) is 22.7. The monoisotopic (exact) mass is 526 g/mol. The van der Waals surface area contributed by atoms with E-state index in [2.05, 4.69) is 133 Å². The molecule has 0 aromatic heterocycles. The summed E-state index contributed by atoms with van der Waals surface area (Å²) in [7, 11) is 0. The lowest BCUT2D eigenvalue weighted by Gasteiger charge is -2.16. The van der Waals surface area contributed by atoms with Crippen LogP contribution in [0.4, 0.5) is 0 Å². The summed E-state index contributed by atoms with van der Waals surface area (Å²) in [6, 6.07) is 50.3. The fourth-order valence-corrected chi connectivity index (χ4v) is 8.38. The van der Waals surface area contributed by atoms with Crippen LogP contribution in [-0.2, 0) is 0 Å². The van der Waals surface area contributed by atoms with Gasteiger partial charge < -0.3 is 0 Å². The molecule has 0 heterocycles. The molecule has 0 aliphatic heterocycles. The molecule has 1 aliphatic rings. The third-order valence-electron chi connectivity index (χ3n) is 10.1. The number of hydrogen-bond acceptors (Lipinski definition) is 0. The van der Waals surface area contributed by atoms with Crippen molar-refractivity contribution in [2.24, 2.45) is 0 Å². The van der Waals surface area contributed by atoms with Gasteiger partial charge in [0.1, 0.15) is 0 Å². The average molecular weight is 527 g/mol. The van der Waals surface area contributed by atoms with Gasteiger partial charge in [-0.05, 0) is 120 Å². The second-order valence-electron chi connectivity index (χ2n) is 12.0. The molecule has 0 saturated heterocycles. The van der Waals surface area contributed by atoms with Crippen molar-refractivity contribution in [3.8, 4) is 11.1 Å². The van der Waals surface area contributed by atoms with Crippen LogP contribution in [0.1, 0.15) is 0 Å². The summed E-state index contributed by atoms with van der Waals surface area (Å²) in [5, 5.41) is 24.3. The minimum Gasteiger partial charge on any atom is -0.0616 e. The van der Waals surface area contributed by atoms with E-state index in [1.54, 1.807) is 0 Å². The van der Waals surface area contributed by atoms with E-state index in [1.165, 1.54) is 108 Å². The van der Waals surface area contributed by atoms with Crippen molar-refractivity contribution in [2.75, 3.05) is 0 Å². The Labute approximate surface area is 241 Å². The van der Waals surface area contributed by atoms with Crippen molar-refractivity contribution >= 4 is 97.0 Å². The molecule has 11 rings (SSSR count). The number of rotatable bonds is 0. The van der Waals surface area contributed by atoms with E-state index < -0.39 is 0 Å². The summed E-state index contributed by atoms with van der Waals surface area (Å²) in [6.07, 6.45) is 0. The standard InChI is InChI=1S/C42H22/c1-4-10-26-23(7-1)13-15-31-29(26)17-19-33-38(31)34-20-18-30-28-12-6-3-9-25(28)21-36-37-22-35-27-11-5-2-8-24(27)14-16-32(35)39(33)42(37)41(34)40(30)36/h1-22H. The van der Waals surface area contributed by atoms with Crippen LogP contribution in [-0.4, -0.2) is 0 Å². The van der Waals surface area contributed by atoms with E-state index in [-0.39, 0.29) is 0 Å². The van der Waals surface area contributed by atoms with Crippen molar-refractivity contribution < 1.29 is 0 Å². The molecule has 0 amide bonds. The lowest BCUT2D eigenvalue weighted by atomic mass is 9.86. The van der Waals surface area contributed by atoms with E-state index in [0.29, 0.717) is 0 Å². The molecule has 1 aliphatic carbocycles. The van der Waals surface area contributed by atoms with Crippen LogP contribution in [0.2, 0.25) is 0 Å². The summed E-state index contributed by atoms with van der Waals surface area (Å²) in [4.78, 5) is 0. The number of hydrogen-bond donors (Lipinski definition) is 0. The van der Waals surface area contributed by atoms with E-state index in [1.807, 2.05) is 0 Å². The molecule has 0 nitrogen and oxygen atoms in total. The van der Waals surface area contributed by atoms with Crippen LogP contribution >= 0.6 is 0 Å². The van der Waals surface area contributed by atoms with Gasteiger partial charge in [0.2, 0.25) is 0 Å². The zero-order valence-corrected chi connectivity index (χ0v) is 22.7. The Morgan fingerprint density at radius 1 is 0.214 bits per heavy atom. The second kappa shape index (κ2) is 7.24. The van der Waals surface area contributed by atoms with Crippen molar-refractivity contribution in [1.29, 1.82) is 0 Å². The van der Waals surface area contributed by atoms with E-state index >= 15 is 0 Å². The fourth-order valence-electron chi connectivity index (χ4n) is 8.38. The second-order valence-corrected chi connectivity index (χ2v) is 12.0. The van der Waals surface area contributed by atoms with Crippen molar-refractivity contribution in [2.45, 2.75) is 0 Å². The summed E-state index contributed by atoms with van der Waals surface area (Å²) in [5.41, 5.74) is 2.74. The summed E-state index contributed by atoms with van der Waals surface area (Å²) >= 11 is 0. The lowest BCUT2D eigenvalue weighted by molar-refractivity contribution is 1.78. The average Bonchev–Trinajstić information content (AvgIpc) is 3.38. The molecule has 42 heavy (non-hydrogen) atoms. The van der Waals surface area contributed by atoms with Crippen LogP contribution in [0, 0.1) is 0 Å². The van der Waals surface area contributed by atoms with Crippen LogP contribution in [0.3, 0.4) is 0 Å². The van der Waals surface area contributed by atoms with Gasteiger partial charge in [0.05, 0.1) is 0 Å². The molecule has 0 unspecified atom stereocenters. The van der Waals surface area contributed by atoms with Gasteiger partial charge in [-0.3, -0.25) is 0 Å². The van der Waals surface area contributed by atoms with E-state index in [0.717, 1.165) is 0 Å². The van der Waals surface area contributed by atoms with Gasteiger partial charge in [-0.2, -0.15) is 0 Å². The minimum atomic E-state index is 1.29. The maximum atomic E-state index is 2.49. The van der Waals surface area contributed by atoms with Crippen molar-refractivity contribution in [3.63, 3.8) is 0 Å². The Morgan fingerprint density at radius 2 is 0.690 bits per heavy atom. The first-order valence-corrected chi connectivity index (χ1v) is 14.8. The van der Waals surface area contributed by atoms with E-state index in [9.17, 15) is 0 Å². The topological polar surface area (TPSA) is 0 Å². The first-order chi connectivity index (χ1) is 20.8. The molecule has 0 saturated carbocycles. The Bertz CT molecular complexity index is 2880. The molecule has 0 radical (unpaired) electrons. The highest BCUT2D eigenvalue weighted by molar-refractivity contribution is 6.47. The Hall–Kier alpha value is -5.46. The van der Waals surface area contributed by atoms with Gasteiger partial charge in [0.25, 0.3) is 0 Å². The normalized spacial score (nSPS) is 12.8. The molecule has 10 aromatic rings. The summed E-state index contributed by atoms with van der Waals surface area (Å²) in [5.74, 6) is 0. The van der Waals surface area contributed by atoms with Gasteiger partial charge in [-0.15, -0.1) is 0 Å². The van der Waals surface area contributed by atoms with E-state index in [4.69, 9.17) is 0 Å². The molecular weight excluding hydrogens is 504 g/mol. The summed E-state index contributed by atoms with van der Waals surface area (Å²) < 4.78 is 0. The highest BCUT2D eigenvalue weighted by atomic mass is 14.3. The molecule has 190 valence electrons. The first kappa shape index (κ1) is 21.3. The van der Waals surface area contributed by atoms with Crippen molar-refractivity contribution in [1.82, 2.24) is 0 Å². The zero-order chi connectivity index (χ0) is 27.1. The number of benzene rings is 10.